The Morgan fingerprint density at radius 3 is 2.81 bits per heavy atom. The van der Waals surface area contributed by atoms with Gasteiger partial charge in [0.2, 0.25) is 0 Å². The lowest BCUT2D eigenvalue weighted by Crippen LogP contribution is -2.15. The fourth-order valence-electron chi connectivity index (χ4n) is 1.76. The van der Waals surface area contributed by atoms with Gasteiger partial charge in [0.15, 0.2) is 0 Å². The van der Waals surface area contributed by atoms with Crippen LogP contribution in [-0.2, 0) is 16.0 Å². The van der Waals surface area contributed by atoms with Gasteiger partial charge < -0.3 is 14.3 Å². The Labute approximate surface area is 95.4 Å². The number of rotatable bonds is 5. The van der Waals surface area contributed by atoms with Crippen LogP contribution in [0.5, 0.6) is 5.75 Å². The summed E-state index contributed by atoms with van der Waals surface area (Å²) in [4.78, 5) is 10.2. The molecule has 0 aromatic heterocycles. The van der Waals surface area contributed by atoms with Gasteiger partial charge in [-0.15, -0.1) is 0 Å². The van der Waals surface area contributed by atoms with Crippen LogP contribution in [0.3, 0.4) is 0 Å². The molecule has 1 aliphatic rings. The van der Waals surface area contributed by atoms with E-state index in [-0.39, 0.29) is 6.10 Å². The van der Waals surface area contributed by atoms with Crippen LogP contribution in [0.4, 0.5) is 0 Å². The SMILES string of the molecule is O=CCCc1ccc(OC2CCOC2)cc1. The topological polar surface area (TPSA) is 35.5 Å². The van der Waals surface area contributed by atoms with Gasteiger partial charge in [-0.2, -0.15) is 0 Å². The first-order valence-electron chi connectivity index (χ1n) is 5.65. The molecule has 3 nitrogen and oxygen atoms in total. The van der Waals surface area contributed by atoms with Crippen LogP contribution in [0.15, 0.2) is 24.3 Å². The van der Waals surface area contributed by atoms with E-state index in [1.807, 2.05) is 24.3 Å². The highest BCUT2D eigenvalue weighted by molar-refractivity contribution is 5.50. The highest BCUT2D eigenvalue weighted by Crippen LogP contribution is 2.17. The van der Waals surface area contributed by atoms with Crippen molar-refractivity contribution in [2.75, 3.05) is 13.2 Å². The van der Waals surface area contributed by atoms with E-state index in [1.54, 1.807) is 0 Å². The van der Waals surface area contributed by atoms with E-state index < -0.39 is 0 Å². The monoisotopic (exact) mass is 220 g/mol. The first kappa shape index (κ1) is 11.1. The smallest absolute Gasteiger partial charge is 0.124 e. The fourth-order valence-corrected chi connectivity index (χ4v) is 1.76. The number of aldehydes is 1. The maximum Gasteiger partial charge on any atom is 0.124 e. The van der Waals surface area contributed by atoms with Gasteiger partial charge in [0.1, 0.15) is 18.1 Å². The minimum Gasteiger partial charge on any atom is -0.488 e. The van der Waals surface area contributed by atoms with Crippen molar-refractivity contribution in [3.05, 3.63) is 29.8 Å². The standard InChI is InChI=1S/C13H16O3/c14-8-1-2-11-3-5-12(6-4-11)16-13-7-9-15-10-13/h3-6,8,13H,1-2,7,9-10H2. The molecule has 86 valence electrons. The summed E-state index contributed by atoms with van der Waals surface area (Å²) in [5.41, 5.74) is 1.17. The lowest BCUT2D eigenvalue weighted by molar-refractivity contribution is -0.107. The summed E-state index contributed by atoms with van der Waals surface area (Å²) < 4.78 is 11.0. The lowest BCUT2D eigenvalue weighted by Gasteiger charge is -2.11. The Morgan fingerprint density at radius 2 is 2.19 bits per heavy atom. The lowest BCUT2D eigenvalue weighted by atomic mass is 10.1. The molecule has 0 amide bonds. The normalized spacial score (nSPS) is 19.6. The summed E-state index contributed by atoms with van der Waals surface area (Å²) in [5, 5.41) is 0. The first-order valence-corrected chi connectivity index (χ1v) is 5.65. The highest BCUT2D eigenvalue weighted by Gasteiger charge is 2.16. The molecule has 0 aliphatic carbocycles. The molecule has 1 unspecified atom stereocenters. The molecule has 2 rings (SSSR count). The van der Waals surface area contributed by atoms with E-state index in [9.17, 15) is 4.79 Å². The maximum absolute atomic E-state index is 10.2. The summed E-state index contributed by atoms with van der Waals surface area (Å²) in [7, 11) is 0. The summed E-state index contributed by atoms with van der Waals surface area (Å²) >= 11 is 0. The molecule has 0 spiro atoms. The molecule has 0 bridgehead atoms. The minimum atomic E-state index is 0.195. The van der Waals surface area contributed by atoms with Gasteiger partial charge in [-0.3, -0.25) is 0 Å². The summed E-state index contributed by atoms with van der Waals surface area (Å²) in [6.07, 6.45) is 3.49. The highest BCUT2D eigenvalue weighted by atomic mass is 16.5. The maximum atomic E-state index is 10.2. The van der Waals surface area contributed by atoms with Crippen LogP contribution in [-0.4, -0.2) is 25.6 Å². The molecule has 1 aromatic carbocycles. The van der Waals surface area contributed by atoms with Crippen molar-refractivity contribution in [1.29, 1.82) is 0 Å². The number of hydrogen-bond acceptors (Lipinski definition) is 3. The number of carbonyl (C=O) groups excluding carboxylic acids is 1. The number of hydrogen-bond donors (Lipinski definition) is 0. The predicted octanol–water partition coefficient (Wildman–Crippen LogP) is 1.99. The van der Waals surface area contributed by atoms with Crippen molar-refractivity contribution in [2.45, 2.75) is 25.4 Å². The third-order valence-corrected chi connectivity index (χ3v) is 2.66. The zero-order valence-electron chi connectivity index (χ0n) is 9.22. The molecule has 0 N–H and O–H groups in total. The van der Waals surface area contributed by atoms with Crippen LogP contribution >= 0.6 is 0 Å². The Bertz CT molecular complexity index is 326. The molecule has 1 saturated heterocycles. The van der Waals surface area contributed by atoms with E-state index in [0.717, 1.165) is 31.5 Å². The van der Waals surface area contributed by atoms with Gasteiger partial charge in [-0.1, -0.05) is 12.1 Å². The third-order valence-electron chi connectivity index (χ3n) is 2.66. The fraction of sp³-hybridized carbons (Fsp3) is 0.462. The van der Waals surface area contributed by atoms with Gasteiger partial charge in [-0.05, 0) is 24.1 Å². The predicted molar refractivity (Wildman–Crippen MR) is 60.7 cm³/mol. The zero-order chi connectivity index (χ0) is 11.2. The third kappa shape index (κ3) is 3.07. The second kappa shape index (κ2) is 5.66. The van der Waals surface area contributed by atoms with E-state index >= 15 is 0 Å². The van der Waals surface area contributed by atoms with Gasteiger partial charge in [0.05, 0.1) is 13.2 Å². The molecule has 0 radical (unpaired) electrons. The molecule has 1 fully saturated rings. The van der Waals surface area contributed by atoms with Gasteiger partial charge >= 0.3 is 0 Å². The summed E-state index contributed by atoms with van der Waals surface area (Å²) in [5.74, 6) is 0.880. The van der Waals surface area contributed by atoms with Gasteiger partial charge in [0.25, 0.3) is 0 Å². The molecule has 1 aromatic rings. The Morgan fingerprint density at radius 1 is 1.38 bits per heavy atom. The van der Waals surface area contributed by atoms with Gasteiger partial charge in [0, 0.05) is 12.8 Å². The number of benzene rings is 1. The average molecular weight is 220 g/mol. The second-order valence-corrected chi connectivity index (χ2v) is 3.95. The first-order chi connectivity index (χ1) is 7.88. The van der Waals surface area contributed by atoms with Crippen LogP contribution in [0, 0.1) is 0 Å². The van der Waals surface area contributed by atoms with Crippen molar-refractivity contribution < 1.29 is 14.3 Å². The quantitative estimate of drug-likeness (QED) is 0.712. The zero-order valence-corrected chi connectivity index (χ0v) is 9.22. The Kier molecular flexibility index (Phi) is 3.94. The molecule has 1 aliphatic heterocycles. The van der Waals surface area contributed by atoms with Crippen LogP contribution in [0.25, 0.3) is 0 Å². The summed E-state index contributed by atoms with van der Waals surface area (Å²) in [6, 6.07) is 7.93. The van der Waals surface area contributed by atoms with E-state index in [2.05, 4.69) is 0 Å². The molecule has 0 saturated carbocycles. The number of aryl methyl sites for hydroxylation is 1. The molecule has 16 heavy (non-hydrogen) atoms. The molecule has 3 heteroatoms. The minimum absolute atomic E-state index is 0.195. The Hall–Kier alpha value is -1.35. The molecule has 1 heterocycles. The van der Waals surface area contributed by atoms with Crippen molar-refractivity contribution in [1.82, 2.24) is 0 Å². The van der Waals surface area contributed by atoms with E-state index in [0.29, 0.717) is 13.0 Å². The number of carbonyl (C=O) groups is 1. The van der Waals surface area contributed by atoms with Gasteiger partial charge in [-0.25, -0.2) is 0 Å². The second-order valence-electron chi connectivity index (χ2n) is 3.95. The van der Waals surface area contributed by atoms with Crippen molar-refractivity contribution >= 4 is 6.29 Å². The molecular formula is C13H16O3. The molecular weight excluding hydrogens is 204 g/mol. The van der Waals surface area contributed by atoms with Crippen molar-refractivity contribution in [3.8, 4) is 5.75 Å². The molecule has 1 atom stereocenters. The Balaban J connectivity index is 1.88. The van der Waals surface area contributed by atoms with E-state index in [4.69, 9.17) is 9.47 Å². The van der Waals surface area contributed by atoms with Crippen molar-refractivity contribution in [3.63, 3.8) is 0 Å². The van der Waals surface area contributed by atoms with Crippen LogP contribution < -0.4 is 4.74 Å². The summed E-state index contributed by atoms with van der Waals surface area (Å²) in [6.45, 7) is 1.48. The average Bonchev–Trinajstić information content (AvgIpc) is 2.81. The largest absolute Gasteiger partial charge is 0.488 e. The van der Waals surface area contributed by atoms with Crippen LogP contribution in [0.1, 0.15) is 18.4 Å². The van der Waals surface area contributed by atoms with E-state index in [1.165, 1.54) is 5.56 Å². The van der Waals surface area contributed by atoms with Crippen molar-refractivity contribution in [2.24, 2.45) is 0 Å². The number of ether oxygens (including phenoxy) is 2. The van der Waals surface area contributed by atoms with Crippen LogP contribution in [0.2, 0.25) is 0 Å².